The molecule has 3 N–H and O–H groups in total. The van der Waals surface area contributed by atoms with Crippen molar-refractivity contribution in [3.8, 4) is 0 Å². The molecule has 0 saturated heterocycles. The normalized spacial score (nSPS) is 14.3. The number of rotatable bonds is 5. The van der Waals surface area contributed by atoms with Crippen LogP contribution in [0.4, 0.5) is 0 Å². The number of benzene rings is 1. The van der Waals surface area contributed by atoms with Crippen molar-refractivity contribution in [3.63, 3.8) is 0 Å². The topological polar surface area (TPSA) is 55.1 Å². The molecule has 1 rings (SSSR count). The lowest BCUT2D eigenvalue weighted by Gasteiger charge is -2.16. The zero-order chi connectivity index (χ0) is 13.7. The molecular weight excluding hydrogens is 224 g/mol. The lowest BCUT2D eigenvalue weighted by atomic mass is 9.99. The molecule has 0 heterocycles. The molecule has 0 saturated carbocycles. The summed E-state index contributed by atoms with van der Waals surface area (Å²) in [4.78, 5) is 11.5. The molecule has 1 aromatic carbocycles. The van der Waals surface area contributed by atoms with E-state index in [-0.39, 0.29) is 11.9 Å². The van der Waals surface area contributed by atoms with Crippen LogP contribution in [0.25, 0.3) is 0 Å². The maximum absolute atomic E-state index is 11.5. The third kappa shape index (κ3) is 4.49. The Kier molecular flexibility index (Phi) is 5.35. The van der Waals surface area contributed by atoms with Crippen molar-refractivity contribution in [2.45, 2.75) is 52.1 Å². The van der Waals surface area contributed by atoms with E-state index in [1.807, 2.05) is 6.92 Å². The Bertz CT molecular complexity index is 382. The number of nitrogens with two attached hydrogens (primary N) is 1. The van der Waals surface area contributed by atoms with Crippen molar-refractivity contribution in [1.82, 2.24) is 5.32 Å². The highest BCUT2D eigenvalue weighted by Gasteiger charge is 2.11. The second-order valence-corrected chi connectivity index (χ2v) is 5.30. The molecule has 1 aromatic rings. The maximum atomic E-state index is 11.5. The molecule has 0 aliphatic rings. The lowest BCUT2D eigenvalue weighted by molar-refractivity contribution is -0.122. The second-order valence-electron chi connectivity index (χ2n) is 5.30. The summed E-state index contributed by atoms with van der Waals surface area (Å²) in [5.41, 5.74) is 8.09. The van der Waals surface area contributed by atoms with Crippen LogP contribution in [0.3, 0.4) is 0 Å². The molecule has 1 unspecified atom stereocenters. The Morgan fingerprint density at radius 3 is 2.17 bits per heavy atom. The van der Waals surface area contributed by atoms with Gasteiger partial charge in [-0.05, 0) is 37.3 Å². The number of carbonyl (C=O) groups is 1. The van der Waals surface area contributed by atoms with Crippen LogP contribution in [0.2, 0.25) is 0 Å². The van der Waals surface area contributed by atoms with Crippen LogP contribution < -0.4 is 11.1 Å². The zero-order valence-corrected chi connectivity index (χ0v) is 11.7. The highest BCUT2D eigenvalue weighted by atomic mass is 16.2. The first-order valence-corrected chi connectivity index (χ1v) is 6.55. The van der Waals surface area contributed by atoms with Crippen molar-refractivity contribution < 1.29 is 4.79 Å². The quantitative estimate of drug-likeness (QED) is 0.839. The van der Waals surface area contributed by atoms with Crippen molar-refractivity contribution >= 4 is 5.91 Å². The third-order valence-electron chi connectivity index (χ3n) is 2.99. The largest absolute Gasteiger partial charge is 0.352 e. The first kappa shape index (κ1) is 14.7. The molecule has 1 amide bonds. The molecule has 3 nitrogen and oxygen atoms in total. The van der Waals surface area contributed by atoms with E-state index in [0.29, 0.717) is 5.92 Å². The zero-order valence-electron chi connectivity index (χ0n) is 11.7. The summed E-state index contributed by atoms with van der Waals surface area (Å²) in [6.07, 6.45) is 0.830. The minimum absolute atomic E-state index is 0.0960. The number of nitrogens with one attached hydrogen (secondary N) is 1. The molecule has 0 aliphatic carbocycles. The predicted molar refractivity (Wildman–Crippen MR) is 75.5 cm³/mol. The first-order valence-electron chi connectivity index (χ1n) is 6.55. The molecule has 0 aromatic heterocycles. The fourth-order valence-corrected chi connectivity index (χ4v) is 1.82. The summed E-state index contributed by atoms with van der Waals surface area (Å²) in [7, 11) is 0. The Labute approximate surface area is 110 Å². The number of hydrogen-bond donors (Lipinski definition) is 2. The lowest BCUT2D eigenvalue weighted by Crippen LogP contribution is -2.43. The number of hydrogen-bond acceptors (Lipinski definition) is 2. The van der Waals surface area contributed by atoms with Crippen molar-refractivity contribution in [2.24, 2.45) is 5.73 Å². The van der Waals surface area contributed by atoms with Gasteiger partial charge in [-0.3, -0.25) is 4.79 Å². The smallest absolute Gasteiger partial charge is 0.236 e. The van der Waals surface area contributed by atoms with Crippen LogP contribution in [0.1, 0.15) is 44.7 Å². The molecule has 0 radical (unpaired) electrons. The van der Waals surface area contributed by atoms with Crippen LogP contribution in [0.15, 0.2) is 24.3 Å². The van der Waals surface area contributed by atoms with Gasteiger partial charge in [-0.1, -0.05) is 38.1 Å². The summed E-state index contributed by atoms with van der Waals surface area (Å²) in [5, 5.41) is 2.90. The van der Waals surface area contributed by atoms with Crippen LogP contribution in [0, 0.1) is 0 Å². The average Bonchev–Trinajstić information content (AvgIpc) is 2.29. The monoisotopic (exact) mass is 248 g/mol. The molecule has 0 aliphatic heterocycles. The Balaban J connectivity index is 2.54. The number of carbonyl (C=O) groups excluding carboxylic acids is 1. The summed E-state index contributed by atoms with van der Waals surface area (Å²) in [5.74, 6) is 0.454. The van der Waals surface area contributed by atoms with E-state index < -0.39 is 6.04 Å². The van der Waals surface area contributed by atoms with Crippen molar-refractivity contribution in [1.29, 1.82) is 0 Å². The fourth-order valence-electron chi connectivity index (χ4n) is 1.82. The van der Waals surface area contributed by atoms with E-state index in [1.54, 1.807) is 6.92 Å². The van der Waals surface area contributed by atoms with Gasteiger partial charge >= 0.3 is 0 Å². The SMILES string of the molecule is CC(Cc1ccc(C(C)C)cc1)NC(=O)[C@@H](C)N. The molecule has 3 heteroatoms. The predicted octanol–water partition coefficient (Wildman–Crippen LogP) is 2.20. The second kappa shape index (κ2) is 6.55. The number of amides is 1. The van der Waals surface area contributed by atoms with Crippen molar-refractivity contribution in [2.75, 3.05) is 0 Å². The first-order chi connectivity index (χ1) is 8.40. The highest BCUT2D eigenvalue weighted by molar-refractivity contribution is 5.81. The van der Waals surface area contributed by atoms with Gasteiger partial charge in [0.2, 0.25) is 5.91 Å². The van der Waals surface area contributed by atoms with Crippen LogP contribution in [-0.4, -0.2) is 18.0 Å². The van der Waals surface area contributed by atoms with Crippen molar-refractivity contribution in [3.05, 3.63) is 35.4 Å². The van der Waals surface area contributed by atoms with E-state index >= 15 is 0 Å². The third-order valence-corrected chi connectivity index (χ3v) is 2.99. The summed E-state index contributed by atoms with van der Waals surface area (Å²) in [6, 6.07) is 8.22. The maximum Gasteiger partial charge on any atom is 0.236 e. The van der Waals surface area contributed by atoms with E-state index in [1.165, 1.54) is 11.1 Å². The molecule has 0 spiro atoms. The highest BCUT2D eigenvalue weighted by Crippen LogP contribution is 2.15. The molecule has 100 valence electrons. The molecule has 0 bridgehead atoms. The fraction of sp³-hybridized carbons (Fsp3) is 0.533. The van der Waals surface area contributed by atoms with Gasteiger partial charge in [0, 0.05) is 6.04 Å². The van der Waals surface area contributed by atoms with Gasteiger partial charge < -0.3 is 11.1 Å². The minimum Gasteiger partial charge on any atom is -0.352 e. The molecule has 18 heavy (non-hydrogen) atoms. The summed E-state index contributed by atoms with van der Waals surface area (Å²) >= 11 is 0. The van der Waals surface area contributed by atoms with Crippen LogP contribution in [0.5, 0.6) is 0 Å². The van der Waals surface area contributed by atoms with E-state index in [2.05, 4.69) is 43.4 Å². The van der Waals surface area contributed by atoms with E-state index in [0.717, 1.165) is 6.42 Å². The van der Waals surface area contributed by atoms with Gasteiger partial charge in [0.25, 0.3) is 0 Å². The van der Waals surface area contributed by atoms with Gasteiger partial charge in [0.1, 0.15) is 0 Å². The molecule has 0 fully saturated rings. The average molecular weight is 248 g/mol. The van der Waals surface area contributed by atoms with E-state index in [9.17, 15) is 4.79 Å². The van der Waals surface area contributed by atoms with Gasteiger partial charge in [-0.15, -0.1) is 0 Å². The van der Waals surface area contributed by atoms with Crippen LogP contribution >= 0.6 is 0 Å². The Morgan fingerprint density at radius 2 is 1.72 bits per heavy atom. The molecule has 2 atom stereocenters. The van der Waals surface area contributed by atoms with Gasteiger partial charge in [-0.25, -0.2) is 0 Å². The summed E-state index contributed by atoms with van der Waals surface area (Å²) in [6.45, 7) is 8.05. The standard InChI is InChI=1S/C15H24N2O/c1-10(2)14-7-5-13(6-8-14)9-11(3)17-15(18)12(4)16/h5-8,10-12H,9,16H2,1-4H3,(H,17,18)/t11?,12-/m1/s1. The van der Waals surface area contributed by atoms with Gasteiger partial charge in [0.05, 0.1) is 6.04 Å². The molecular formula is C15H24N2O. The van der Waals surface area contributed by atoms with Gasteiger partial charge in [-0.2, -0.15) is 0 Å². The van der Waals surface area contributed by atoms with Crippen LogP contribution in [-0.2, 0) is 11.2 Å². The minimum atomic E-state index is -0.448. The Hall–Kier alpha value is -1.35. The Morgan fingerprint density at radius 1 is 1.17 bits per heavy atom. The summed E-state index contributed by atoms with van der Waals surface area (Å²) < 4.78 is 0. The van der Waals surface area contributed by atoms with Gasteiger partial charge in [0.15, 0.2) is 0 Å². The van der Waals surface area contributed by atoms with E-state index in [4.69, 9.17) is 5.73 Å².